The van der Waals surface area contributed by atoms with Gasteiger partial charge in [-0.25, -0.2) is 8.78 Å². The fraction of sp³-hybridized carbons (Fsp3) is 0.391. The molecule has 0 spiro atoms. The van der Waals surface area contributed by atoms with Crippen molar-refractivity contribution < 1.29 is 18.4 Å². The van der Waals surface area contributed by atoms with Crippen molar-refractivity contribution in [3.63, 3.8) is 0 Å². The van der Waals surface area contributed by atoms with E-state index in [1.807, 2.05) is 23.1 Å². The molecule has 0 radical (unpaired) electrons. The van der Waals surface area contributed by atoms with Crippen LogP contribution < -0.4 is 4.90 Å². The lowest BCUT2D eigenvalue weighted by atomic mass is 9.94. The zero-order chi connectivity index (χ0) is 21.3. The van der Waals surface area contributed by atoms with Crippen molar-refractivity contribution in [1.29, 1.82) is 0 Å². The molecule has 2 aliphatic rings. The van der Waals surface area contributed by atoms with Crippen molar-refractivity contribution in [3.8, 4) is 0 Å². The van der Waals surface area contributed by atoms with Crippen molar-refractivity contribution in [1.82, 2.24) is 4.90 Å². The van der Waals surface area contributed by atoms with Gasteiger partial charge in [0.2, 0.25) is 5.91 Å². The fourth-order valence-corrected chi connectivity index (χ4v) is 4.51. The van der Waals surface area contributed by atoms with Gasteiger partial charge in [-0.15, -0.1) is 0 Å². The molecule has 2 aromatic rings. The van der Waals surface area contributed by atoms with Crippen molar-refractivity contribution in [2.75, 3.05) is 24.5 Å². The number of hydrogen-bond acceptors (Lipinski definition) is 2. The average molecular weight is 433 g/mol. The maximum atomic E-state index is 13.5. The molecule has 30 heavy (non-hydrogen) atoms. The standard InChI is InChI=1S/C23H23ClF2N2O2/c24-18-5-7-21-16(13-18)3-1-2-10-28(21)23(30)15-8-11-27(12-9-15)22(29)17-4-6-19(25)20(26)14-17/h4-7,13-15H,1-3,8-12H2. The minimum Gasteiger partial charge on any atom is -0.339 e. The third kappa shape index (κ3) is 4.19. The van der Waals surface area contributed by atoms with Gasteiger partial charge in [-0.2, -0.15) is 0 Å². The Balaban J connectivity index is 1.43. The van der Waals surface area contributed by atoms with Crippen LogP contribution in [0.1, 0.15) is 41.6 Å². The van der Waals surface area contributed by atoms with Crippen LogP contribution in [0.3, 0.4) is 0 Å². The highest BCUT2D eigenvalue weighted by Crippen LogP contribution is 2.32. The van der Waals surface area contributed by atoms with Crippen LogP contribution in [0.25, 0.3) is 0 Å². The summed E-state index contributed by atoms with van der Waals surface area (Å²) in [6.45, 7) is 1.51. The lowest BCUT2D eigenvalue weighted by Crippen LogP contribution is -2.44. The van der Waals surface area contributed by atoms with Crippen LogP contribution in [0.2, 0.25) is 5.02 Å². The number of amides is 2. The number of carbonyl (C=O) groups is 2. The van der Waals surface area contributed by atoms with Gasteiger partial charge in [0.1, 0.15) is 0 Å². The summed E-state index contributed by atoms with van der Waals surface area (Å²) in [5.74, 6) is -2.43. The molecule has 0 unspecified atom stereocenters. The molecule has 2 heterocycles. The maximum absolute atomic E-state index is 13.5. The number of anilines is 1. The average Bonchev–Trinajstić information content (AvgIpc) is 2.96. The number of rotatable bonds is 2. The van der Waals surface area contributed by atoms with Gasteiger partial charge in [-0.1, -0.05) is 11.6 Å². The van der Waals surface area contributed by atoms with Gasteiger partial charge in [-0.3, -0.25) is 9.59 Å². The third-order valence-corrected chi connectivity index (χ3v) is 6.21. The van der Waals surface area contributed by atoms with E-state index in [4.69, 9.17) is 11.6 Å². The number of likely N-dealkylation sites (tertiary alicyclic amines) is 1. The zero-order valence-corrected chi connectivity index (χ0v) is 17.3. The number of benzene rings is 2. The van der Waals surface area contributed by atoms with E-state index < -0.39 is 11.6 Å². The highest BCUT2D eigenvalue weighted by Gasteiger charge is 2.32. The predicted octanol–water partition coefficient (Wildman–Crippen LogP) is 4.84. The van der Waals surface area contributed by atoms with Gasteiger partial charge in [0.05, 0.1) is 0 Å². The highest BCUT2D eigenvalue weighted by molar-refractivity contribution is 6.30. The molecule has 2 amide bonds. The number of carbonyl (C=O) groups excluding carboxylic acids is 2. The quantitative estimate of drug-likeness (QED) is 0.681. The predicted molar refractivity (Wildman–Crippen MR) is 112 cm³/mol. The normalized spacial score (nSPS) is 17.4. The molecule has 1 saturated heterocycles. The molecule has 2 aromatic carbocycles. The molecule has 0 aliphatic carbocycles. The summed E-state index contributed by atoms with van der Waals surface area (Å²) < 4.78 is 26.6. The van der Waals surface area contributed by atoms with E-state index in [1.54, 1.807) is 4.90 Å². The molecule has 4 rings (SSSR count). The summed E-state index contributed by atoms with van der Waals surface area (Å²) in [6, 6.07) is 8.84. The topological polar surface area (TPSA) is 40.6 Å². The summed E-state index contributed by atoms with van der Waals surface area (Å²) >= 11 is 6.14. The van der Waals surface area contributed by atoms with Crippen molar-refractivity contribution in [3.05, 3.63) is 64.2 Å². The monoisotopic (exact) mass is 432 g/mol. The van der Waals surface area contributed by atoms with E-state index in [0.29, 0.717) is 37.5 Å². The van der Waals surface area contributed by atoms with E-state index in [2.05, 4.69) is 0 Å². The number of aryl methyl sites for hydroxylation is 1. The van der Waals surface area contributed by atoms with Gasteiger partial charge in [0, 0.05) is 41.8 Å². The SMILES string of the molecule is O=C(c1ccc(F)c(F)c1)N1CCC(C(=O)N2CCCCc3cc(Cl)ccc32)CC1. The van der Waals surface area contributed by atoms with Crippen molar-refractivity contribution in [2.45, 2.75) is 32.1 Å². The molecule has 0 bridgehead atoms. The number of piperidine rings is 1. The molecule has 1 fully saturated rings. The highest BCUT2D eigenvalue weighted by atomic mass is 35.5. The van der Waals surface area contributed by atoms with Crippen LogP contribution in [0, 0.1) is 17.6 Å². The number of halogens is 3. The summed E-state index contributed by atoms with van der Waals surface area (Å²) in [4.78, 5) is 29.4. The van der Waals surface area contributed by atoms with Gasteiger partial charge in [0.15, 0.2) is 11.6 Å². The van der Waals surface area contributed by atoms with Gasteiger partial charge in [0.25, 0.3) is 5.91 Å². The van der Waals surface area contributed by atoms with E-state index in [-0.39, 0.29) is 23.3 Å². The van der Waals surface area contributed by atoms with E-state index >= 15 is 0 Å². The van der Waals surface area contributed by atoms with Crippen LogP contribution in [0.4, 0.5) is 14.5 Å². The summed E-state index contributed by atoms with van der Waals surface area (Å²) in [7, 11) is 0. The fourth-order valence-electron chi connectivity index (χ4n) is 4.31. The number of fused-ring (bicyclic) bond motifs is 1. The van der Waals surface area contributed by atoms with Crippen molar-refractivity contribution >= 4 is 29.1 Å². The molecular formula is C23H23ClF2N2O2. The molecule has 0 atom stereocenters. The first-order valence-electron chi connectivity index (χ1n) is 10.3. The van der Waals surface area contributed by atoms with Crippen molar-refractivity contribution in [2.24, 2.45) is 5.92 Å². The second-order valence-corrected chi connectivity index (χ2v) is 8.35. The molecule has 158 valence electrons. The van der Waals surface area contributed by atoms with Crippen LogP contribution in [-0.2, 0) is 11.2 Å². The lowest BCUT2D eigenvalue weighted by Gasteiger charge is -2.34. The van der Waals surface area contributed by atoms with Gasteiger partial charge < -0.3 is 9.80 Å². The Morgan fingerprint density at radius 3 is 2.43 bits per heavy atom. The van der Waals surface area contributed by atoms with Crippen LogP contribution in [0.5, 0.6) is 0 Å². The second kappa shape index (κ2) is 8.72. The Bertz CT molecular complexity index is 974. The largest absolute Gasteiger partial charge is 0.339 e. The number of hydrogen-bond donors (Lipinski definition) is 0. The molecule has 4 nitrogen and oxygen atoms in total. The first-order chi connectivity index (χ1) is 14.4. The minimum absolute atomic E-state index is 0.0837. The van der Waals surface area contributed by atoms with Gasteiger partial charge in [-0.05, 0) is 74.1 Å². The Morgan fingerprint density at radius 1 is 0.933 bits per heavy atom. The third-order valence-electron chi connectivity index (χ3n) is 5.97. The Hall–Kier alpha value is -2.47. The maximum Gasteiger partial charge on any atom is 0.253 e. The molecule has 2 aliphatic heterocycles. The van der Waals surface area contributed by atoms with Gasteiger partial charge >= 0.3 is 0 Å². The van der Waals surface area contributed by atoms with Crippen LogP contribution >= 0.6 is 11.6 Å². The van der Waals surface area contributed by atoms with E-state index in [0.717, 1.165) is 42.6 Å². The Labute approximate surface area is 179 Å². The Kier molecular flexibility index (Phi) is 6.04. The van der Waals surface area contributed by atoms with Crippen LogP contribution in [-0.4, -0.2) is 36.3 Å². The van der Waals surface area contributed by atoms with E-state index in [9.17, 15) is 18.4 Å². The Morgan fingerprint density at radius 2 is 1.70 bits per heavy atom. The zero-order valence-electron chi connectivity index (χ0n) is 16.5. The number of nitrogens with zero attached hydrogens (tertiary/aromatic N) is 2. The second-order valence-electron chi connectivity index (χ2n) is 7.92. The summed E-state index contributed by atoms with van der Waals surface area (Å²) in [6.07, 6.45) is 3.95. The summed E-state index contributed by atoms with van der Waals surface area (Å²) in [5.41, 5.74) is 2.15. The minimum atomic E-state index is -1.04. The smallest absolute Gasteiger partial charge is 0.253 e. The molecule has 0 aromatic heterocycles. The molecule has 0 N–H and O–H groups in total. The molecular weight excluding hydrogens is 410 g/mol. The summed E-state index contributed by atoms with van der Waals surface area (Å²) in [5, 5.41) is 0.673. The lowest BCUT2D eigenvalue weighted by molar-refractivity contribution is -0.123. The molecule has 0 saturated carbocycles. The van der Waals surface area contributed by atoms with Crippen LogP contribution in [0.15, 0.2) is 36.4 Å². The first-order valence-corrected chi connectivity index (χ1v) is 10.7. The first kappa shape index (κ1) is 20.8. The van der Waals surface area contributed by atoms with E-state index in [1.165, 1.54) is 6.07 Å². The molecule has 7 heteroatoms.